The summed E-state index contributed by atoms with van der Waals surface area (Å²) in [6.07, 6.45) is 13.5. The summed E-state index contributed by atoms with van der Waals surface area (Å²) in [5.74, 6) is -0.323. The number of benzene rings is 2. The van der Waals surface area contributed by atoms with Gasteiger partial charge in [-0.3, -0.25) is 15.6 Å². The fourth-order valence-electron chi connectivity index (χ4n) is 4.43. The van der Waals surface area contributed by atoms with Crippen LogP contribution < -0.4 is 31.9 Å². The zero-order valence-electron chi connectivity index (χ0n) is 18.6. The number of carbonyl (C=O) groups excluding carboxylic acids is 1. The van der Waals surface area contributed by atoms with Gasteiger partial charge in [-0.05, 0) is 84.5 Å². The van der Waals surface area contributed by atoms with E-state index in [-0.39, 0.29) is 11.6 Å². The number of hydrogen-bond acceptors (Lipinski definition) is 5. The molecule has 0 radical (unpaired) electrons. The van der Waals surface area contributed by atoms with Gasteiger partial charge in [-0.2, -0.15) is 0 Å². The van der Waals surface area contributed by atoms with Crippen LogP contribution in [-0.2, 0) is 11.2 Å². The molecule has 0 aromatic heterocycles. The molecule has 0 saturated carbocycles. The third kappa shape index (κ3) is 5.70. The average molecular weight is 437 g/mol. The first-order valence-electron chi connectivity index (χ1n) is 11.8. The van der Waals surface area contributed by atoms with Crippen molar-refractivity contribution in [2.75, 3.05) is 32.8 Å². The predicted octanol–water partition coefficient (Wildman–Crippen LogP) is 1.87. The number of allylic oxidation sites excluding steroid dienone is 1. The standard InChI is InChI=1S/C18H13FO.C8H20N4/c19-18-10-16-13-4-2-1-3-11(13)5-7-14(16)15-8-6-12(20)9-17(15)18;1-2-6-11-12-7-3-5-10-8-9-4-1/h1,3,5,7-10H,2,4,6H2;9-12H,1-8H2. The highest BCUT2D eigenvalue weighted by atomic mass is 19.1. The number of ketones is 1. The second-order valence-electron chi connectivity index (χ2n) is 8.47. The quantitative estimate of drug-likeness (QED) is 0.508. The minimum absolute atomic E-state index is 0.0309. The average Bonchev–Trinajstić information content (AvgIpc) is 2.80. The fraction of sp³-hybridized carbons (Fsp3) is 0.423. The number of hydrogen-bond donors (Lipinski definition) is 4. The van der Waals surface area contributed by atoms with Crippen molar-refractivity contribution in [3.8, 4) is 0 Å². The Kier molecular flexibility index (Phi) is 8.18. The maximum Gasteiger partial charge on any atom is 0.160 e. The first-order valence-corrected chi connectivity index (χ1v) is 11.8. The molecule has 1 saturated heterocycles. The summed E-state index contributed by atoms with van der Waals surface area (Å²) in [6, 6.07) is 5.73. The Morgan fingerprint density at radius 1 is 0.875 bits per heavy atom. The number of halogens is 1. The van der Waals surface area contributed by atoms with E-state index < -0.39 is 0 Å². The van der Waals surface area contributed by atoms with E-state index in [1.165, 1.54) is 36.5 Å². The highest BCUT2D eigenvalue weighted by molar-refractivity contribution is 6.10. The maximum absolute atomic E-state index is 14.3. The first-order chi connectivity index (χ1) is 15.7. The Morgan fingerprint density at radius 2 is 1.66 bits per heavy atom. The molecule has 2 aliphatic carbocycles. The van der Waals surface area contributed by atoms with Crippen molar-refractivity contribution in [3.63, 3.8) is 0 Å². The van der Waals surface area contributed by atoms with Gasteiger partial charge in [0.15, 0.2) is 5.78 Å². The number of nitrogens with one attached hydrogen (secondary N) is 4. The SMILES string of the molecule is C1CCNNCCCNCNC1.O=C1C=c2c(F)cc3c4c(ccc3c2=CC1)C=CCC4. The van der Waals surface area contributed by atoms with Crippen molar-refractivity contribution in [1.29, 1.82) is 0 Å². The van der Waals surface area contributed by atoms with Gasteiger partial charge < -0.3 is 10.6 Å². The van der Waals surface area contributed by atoms with Gasteiger partial charge in [0.25, 0.3) is 0 Å². The first kappa shape index (κ1) is 22.8. The molecule has 2 aromatic carbocycles. The topological polar surface area (TPSA) is 65.2 Å². The smallest absolute Gasteiger partial charge is 0.160 e. The normalized spacial score (nSPS) is 19.2. The van der Waals surface area contributed by atoms with Gasteiger partial charge in [-0.1, -0.05) is 30.4 Å². The van der Waals surface area contributed by atoms with Crippen molar-refractivity contribution in [3.05, 3.63) is 51.7 Å². The highest BCUT2D eigenvalue weighted by Gasteiger charge is 2.14. The van der Waals surface area contributed by atoms with Gasteiger partial charge in [-0.15, -0.1) is 0 Å². The highest BCUT2D eigenvalue weighted by Crippen LogP contribution is 2.26. The molecule has 0 atom stereocenters. The van der Waals surface area contributed by atoms with Crippen LogP contribution in [0.1, 0.15) is 43.2 Å². The lowest BCUT2D eigenvalue weighted by atomic mass is 9.90. The van der Waals surface area contributed by atoms with Crippen molar-refractivity contribution in [1.82, 2.24) is 21.5 Å². The van der Waals surface area contributed by atoms with Crippen LogP contribution in [0.3, 0.4) is 0 Å². The van der Waals surface area contributed by atoms with E-state index in [0.717, 1.165) is 61.7 Å². The number of carbonyl (C=O) groups is 1. The van der Waals surface area contributed by atoms with Gasteiger partial charge >= 0.3 is 0 Å². The largest absolute Gasteiger partial charge is 0.304 e. The second kappa shape index (κ2) is 11.5. The number of aryl methyl sites for hydroxylation is 1. The number of rotatable bonds is 0. The molecule has 5 rings (SSSR count). The molecule has 4 N–H and O–H groups in total. The molecule has 1 fully saturated rings. The number of hydrazine groups is 1. The molecule has 1 aliphatic heterocycles. The minimum Gasteiger partial charge on any atom is -0.304 e. The molecule has 0 unspecified atom stereocenters. The van der Waals surface area contributed by atoms with Crippen LogP contribution in [-0.4, -0.2) is 38.6 Å². The van der Waals surface area contributed by atoms with Crippen molar-refractivity contribution in [2.45, 2.75) is 38.5 Å². The molecular formula is C26H33FN4O. The van der Waals surface area contributed by atoms with Crippen LogP contribution in [0.2, 0.25) is 0 Å². The zero-order chi connectivity index (χ0) is 22.2. The molecule has 5 nitrogen and oxygen atoms in total. The lowest BCUT2D eigenvalue weighted by molar-refractivity contribution is -0.112. The molecule has 2 aromatic rings. The molecule has 1 heterocycles. The van der Waals surface area contributed by atoms with Crippen molar-refractivity contribution in [2.24, 2.45) is 0 Å². The number of Topliss-reactive ketones (excluding diaryl/α,β-unsaturated/α-hetero) is 1. The van der Waals surface area contributed by atoms with Crippen LogP contribution in [0.5, 0.6) is 0 Å². The van der Waals surface area contributed by atoms with E-state index in [4.69, 9.17) is 0 Å². The van der Waals surface area contributed by atoms with Crippen LogP contribution in [0.25, 0.3) is 29.0 Å². The molecule has 6 heteroatoms. The fourth-order valence-corrected chi connectivity index (χ4v) is 4.43. The van der Waals surface area contributed by atoms with E-state index in [1.54, 1.807) is 6.07 Å². The molecule has 0 bridgehead atoms. The second-order valence-corrected chi connectivity index (χ2v) is 8.47. The van der Waals surface area contributed by atoms with Gasteiger partial charge in [0.2, 0.25) is 0 Å². The Bertz CT molecular complexity index is 1070. The van der Waals surface area contributed by atoms with Crippen molar-refractivity contribution >= 4 is 34.8 Å². The predicted molar refractivity (Wildman–Crippen MR) is 130 cm³/mol. The summed E-state index contributed by atoms with van der Waals surface area (Å²) < 4.78 is 14.3. The Hall–Kier alpha value is -2.38. The van der Waals surface area contributed by atoms with Crippen LogP contribution >= 0.6 is 0 Å². The number of fused-ring (bicyclic) bond motifs is 5. The third-order valence-corrected chi connectivity index (χ3v) is 6.11. The monoisotopic (exact) mass is 436 g/mol. The summed E-state index contributed by atoms with van der Waals surface area (Å²) in [7, 11) is 0. The summed E-state index contributed by atoms with van der Waals surface area (Å²) in [5.41, 5.74) is 8.79. The van der Waals surface area contributed by atoms with Gasteiger partial charge in [0, 0.05) is 31.4 Å². The maximum atomic E-state index is 14.3. The molecule has 32 heavy (non-hydrogen) atoms. The Morgan fingerprint density at radius 3 is 2.53 bits per heavy atom. The van der Waals surface area contributed by atoms with Gasteiger partial charge in [-0.25, -0.2) is 4.39 Å². The van der Waals surface area contributed by atoms with E-state index in [9.17, 15) is 9.18 Å². The molecule has 170 valence electrons. The van der Waals surface area contributed by atoms with Gasteiger partial charge in [0.05, 0.1) is 0 Å². The van der Waals surface area contributed by atoms with Crippen molar-refractivity contribution < 1.29 is 9.18 Å². The molecule has 0 spiro atoms. The van der Waals surface area contributed by atoms with E-state index in [1.807, 2.05) is 12.1 Å². The summed E-state index contributed by atoms with van der Waals surface area (Å²) in [4.78, 5) is 11.5. The van der Waals surface area contributed by atoms with Crippen LogP contribution in [0.4, 0.5) is 4.39 Å². The van der Waals surface area contributed by atoms with Crippen LogP contribution in [0, 0.1) is 5.82 Å². The summed E-state index contributed by atoms with van der Waals surface area (Å²) >= 11 is 0. The summed E-state index contributed by atoms with van der Waals surface area (Å²) in [5, 5.41) is 10.0. The molecular weight excluding hydrogens is 403 g/mol. The summed E-state index contributed by atoms with van der Waals surface area (Å²) in [6.45, 7) is 5.28. The zero-order valence-corrected chi connectivity index (χ0v) is 18.6. The third-order valence-electron chi connectivity index (χ3n) is 6.11. The lowest BCUT2D eigenvalue weighted by Gasteiger charge is -2.15. The molecule has 0 amide bonds. The van der Waals surface area contributed by atoms with E-state index in [2.05, 4.69) is 39.7 Å². The lowest BCUT2D eigenvalue weighted by Crippen LogP contribution is -2.37. The Balaban J connectivity index is 0.000000176. The van der Waals surface area contributed by atoms with Gasteiger partial charge in [0.1, 0.15) is 5.82 Å². The van der Waals surface area contributed by atoms with Crippen LogP contribution in [0.15, 0.2) is 24.3 Å². The minimum atomic E-state index is -0.292. The van der Waals surface area contributed by atoms with E-state index in [0.29, 0.717) is 11.6 Å². The Labute approximate surface area is 188 Å². The van der Waals surface area contributed by atoms with E-state index >= 15 is 0 Å². The molecule has 3 aliphatic rings.